The Labute approximate surface area is 128 Å². The van der Waals surface area contributed by atoms with Gasteiger partial charge in [-0.2, -0.15) is 0 Å². The van der Waals surface area contributed by atoms with E-state index >= 15 is 0 Å². The number of hydrogen-bond acceptors (Lipinski definition) is 1. The van der Waals surface area contributed by atoms with Crippen LogP contribution in [-0.4, -0.2) is 5.78 Å². The molecule has 0 radical (unpaired) electrons. The Morgan fingerprint density at radius 3 is 2.40 bits per heavy atom. The van der Waals surface area contributed by atoms with Crippen LogP contribution in [0.15, 0.2) is 40.9 Å². The molecule has 0 spiro atoms. The van der Waals surface area contributed by atoms with Gasteiger partial charge in [-0.15, -0.1) is 0 Å². The van der Waals surface area contributed by atoms with Crippen molar-refractivity contribution in [3.8, 4) is 0 Å². The predicted molar refractivity (Wildman–Crippen MR) is 77.9 cm³/mol. The molecule has 20 heavy (non-hydrogen) atoms. The van der Waals surface area contributed by atoms with Crippen LogP contribution in [0.25, 0.3) is 0 Å². The first-order valence-electron chi connectivity index (χ1n) is 5.86. The lowest BCUT2D eigenvalue weighted by molar-refractivity contribution is -0.117. The first kappa shape index (κ1) is 15.1. The Balaban J connectivity index is 2.13. The summed E-state index contributed by atoms with van der Waals surface area (Å²) in [7, 11) is 0. The summed E-state index contributed by atoms with van der Waals surface area (Å²) in [6.45, 7) is 0. The summed E-state index contributed by atoms with van der Waals surface area (Å²) in [6.07, 6.45) is -0.0420. The molecule has 0 fully saturated rings. The maximum Gasteiger partial charge on any atom is 0.145 e. The maximum atomic E-state index is 13.7. The molecule has 1 nitrogen and oxygen atoms in total. The zero-order chi connectivity index (χ0) is 14.7. The van der Waals surface area contributed by atoms with Gasteiger partial charge in [0.25, 0.3) is 0 Å². The third-order valence-corrected chi connectivity index (χ3v) is 4.02. The average molecular weight is 360 g/mol. The van der Waals surface area contributed by atoms with Gasteiger partial charge in [0.1, 0.15) is 17.4 Å². The van der Waals surface area contributed by atoms with Crippen LogP contribution in [0.4, 0.5) is 8.78 Å². The minimum atomic E-state index is -0.583. The molecule has 0 saturated heterocycles. The molecule has 2 aromatic rings. The van der Waals surface area contributed by atoms with E-state index in [0.29, 0.717) is 5.56 Å². The van der Waals surface area contributed by atoms with Crippen LogP contribution in [0.2, 0.25) is 5.02 Å². The van der Waals surface area contributed by atoms with Crippen LogP contribution >= 0.6 is 27.5 Å². The Kier molecular flexibility index (Phi) is 4.89. The first-order valence-corrected chi connectivity index (χ1v) is 7.03. The fourth-order valence-electron chi connectivity index (χ4n) is 1.86. The number of halogens is 4. The van der Waals surface area contributed by atoms with Gasteiger partial charge < -0.3 is 0 Å². The van der Waals surface area contributed by atoms with Gasteiger partial charge in [0.05, 0.1) is 9.50 Å². The third kappa shape index (κ3) is 3.44. The Hall–Kier alpha value is -1.26. The van der Waals surface area contributed by atoms with Gasteiger partial charge in [0, 0.05) is 12.8 Å². The molecule has 0 saturated carbocycles. The van der Waals surface area contributed by atoms with Gasteiger partial charge in [-0.05, 0) is 39.2 Å². The van der Waals surface area contributed by atoms with E-state index in [1.54, 1.807) is 12.1 Å². The van der Waals surface area contributed by atoms with Crippen LogP contribution < -0.4 is 0 Å². The van der Waals surface area contributed by atoms with Crippen molar-refractivity contribution in [2.75, 3.05) is 0 Å². The molecule has 0 aliphatic rings. The summed E-state index contributed by atoms with van der Waals surface area (Å²) in [4.78, 5) is 12.0. The van der Waals surface area contributed by atoms with E-state index in [1.807, 2.05) is 0 Å². The second-order valence-electron chi connectivity index (χ2n) is 4.32. The molecular weight excluding hydrogens is 350 g/mol. The maximum absolute atomic E-state index is 13.7. The third-order valence-electron chi connectivity index (χ3n) is 2.84. The molecular formula is C15H10BrClF2O. The molecule has 0 heterocycles. The molecule has 0 bridgehead atoms. The normalized spacial score (nSPS) is 10.6. The van der Waals surface area contributed by atoms with Crippen molar-refractivity contribution in [2.45, 2.75) is 12.8 Å². The van der Waals surface area contributed by atoms with E-state index in [1.165, 1.54) is 24.3 Å². The summed E-state index contributed by atoms with van der Waals surface area (Å²) in [5.74, 6) is -1.22. The SMILES string of the molecule is O=C(Cc1cccc(Cl)c1F)Cc1cccc(F)c1Br. The van der Waals surface area contributed by atoms with Gasteiger partial charge >= 0.3 is 0 Å². The van der Waals surface area contributed by atoms with Gasteiger partial charge in [0.15, 0.2) is 0 Å². The fourth-order valence-corrected chi connectivity index (χ4v) is 2.46. The van der Waals surface area contributed by atoms with Crippen LogP contribution in [0.3, 0.4) is 0 Å². The molecule has 5 heteroatoms. The van der Waals surface area contributed by atoms with Crippen LogP contribution in [0.5, 0.6) is 0 Å². The lowest BCUT2D eigenvalue weighted by Gasteiger charge is -2.06. The smallest absolute Gasteiger partial charge is 0.145 e. The van der Waals surface area contributed by atoms with Crippen molar-refractivity contribution in [1.82, 2.24) is 0 Å². The highest BCUT2D eigenvalue weighted by atomic mass is 79.9. The Morgan fingerprint density at radius 1 is 1.05 bits per heavy atom. The molecule has 0 N–H and O–H groups in total. The molecule has 0 amide bonds. The molecule has 0 aliphatic heterocycles. The highest BCUT2D eigenvalue weighted by molar-refractivity contribution is 9.10. The zero-order valence-electron chi connectivity index (χ0n) is 10.3. The Bertz CT molecular complexity index is 603. The van der Waals surface area contributed by atoms with Crippen LogP contribution in [0, 0.1) is 11.6 Å². The number of ketones is 1. The number of carbonyl (C=O) groups excluding carboxylic acids is 1. The summed E-state index contributed by atoms with van der Waals surface area (Å²) >= 11 is 8.76. The predicted octanol–water partition coefficient (Wildman–Crippen LogP) is 4.74. The second kappa shape index (κ2) is 6.46. The van der Waals surface area contributed by atoms with Crippen molar-refractivity contribution < 1.29 is 13.6 Å². The number of hydrogen-bond donors (Lipinski definition) is 0. The average Bonchev–Trinajstić information content (AvgIpc) is 2.40. The monoisotopic (exact) mass is 358 g/mol. The molecule has 0 atom stereocenters. The number of carbonyl (C=O) groups is 1. The minimum Gasteiger partial charge on any atom is -0.299 e. The van der Waals surface area contributed by atoms with Crippen molar-refractivity contribution in [1.29, 1.82) is 0 Å². The van der Waals surface area contributed by atoms with E-state index < -0.39 is 11.6 Å². The zero-order valence-corrected chi connectivity index (χ0v) is 12.6. The van der Waals surface area contributed by atoms with E-state index in [0.717, 1.165) is 0 Å². The molecule has 0 aliphatic carbocycles. The number of Topliss-reactive ketones (excluding diaryl/α,β-unsaturated/α-hetero) is 1. The Morgan fingerprint density at radius 2 is 1.65 bits per heavy atom. The molecule has 2 rings (SSSR count). The van der Waals surface area contributed by atoms with Crippen molar-refractivity contribution in [3.05, 3.63) is 68.7 Å². The molecule has 2 aromatic carbocycles. The summed E-state index contributed by atoms with van der Waals surface area (Å²) < 4.78 is 27.3. The number of benzene rings is 2. The van der Waals surface area contributed by atoms with E-state index in [-0.39, 0.29) is 33.7 Å². The topological polar surface area (TPSA) is 17.1 Å². The summed E-state index contributed by atoms with van der Waals surface area (Å²) in [6, 6.07) is 9.01. The summed E-state index contributed by atoms with van der Waals surface area (Å²) in [5.41, 5.74) is 0.785. The highest BCUT2D eigenvalue weighted by Crippen LogP contribution is 2.22. The van der Waals surface area contributed by atoms with E-state index in [4.69, 9.17) is 11.6 Å². The largest absolute Gasteiger partial charge is 0.299 e. The van der Waals surface area contributed by atoms with Crippen molar-refractivity contribution in [2.24, 2.45) is 0 Å². The molecule has 0 unspecified atom stereocenters. The fraction of sp³-hybridized carbons (Fsp3) is 0.133. The lowest BCUT2D eigenvalue weighted by atomic mass is 10.0. The van der Waals surface area contributed by atoms with E-state index in [2.05, 4.69) is 15.9 Å². The van der Waals surface area contributed by atoms with Gasteiger partial charge in [-0.1, -0.05) is 35.9 Å². The molecule has 104 valence electrons. The number of rotatable bonds is 4. The van der Waals surface area contributed by atoms with E-state index in [9.17, 15) is 13.6 Å². The van der Waals surface area contributed by atoms with Crippen LogP contribution in [0.1, 0.15) is 11.1 Å². The highest BCUT2D eigenvalue weighted by Gasteiger charge is 2.13. The van der Waals surface area contributed by atoms with Crippen LogP contribution in [-0.2, 0) is 17.6 Å². The first-order chi connectivity index (χ1) is 9.49. The van der Waals surface area contributed by atoms with Gasteiger partial charge in [-0.25, -0.2) is 8.78 Å². The lowest BCUT2D eigenvalue weighted by Crippen LogP contribution is -2.09. The van der Waals surface area contributed by atoms with Gasteiger partial charge in [0.2, 0.25) is 0 Å². The second-order valence-corrected chi connectivity index (χ2v) is 5.52. The minimum absolute atomic E-state index is 0.0118. The summed E-state index contributed by atoms with van der Waals surface area (Å²) in [5, 5.41) is -0.0118. The molecule has 0 aromatic heterocycles. The van der Waals surface area contributed by atoms with Crippen molar-refractivity contribution in [3.63, 3.8) is 0 Å². The standard InChI is InChI=1S/C15H10BrClF2O/c16-14-9(3-2-6-13(14)18)7-11(20)8-10-4-1-5-12(17)15(10)19/h1-6H,7-8H2. The van der Waals surface area contributed by atoms with Crippen molar-refractivity contribution >= 4 is 33.3 Å². The quantitative estimate of drug-likeness (QED) is 0.771. The van der Waals surface area contributed by atoms with Gasteiger partial charge in [-0.3, -0.25) is 4.79 Å².